The van der Waals surface area contributed by atoms with E-state index in [4.69, 9.17) is 0 Å². The van der Waals surface area contributed by atoms with Gasteiger partial charge in [-0.2, -0.15) is 0 Å². The highest BCUT2D eigenvalue weighted by Gasteiger charge is 2.36. The first kappa shape index (κ1) is 14.1. The van der Waals surface area contributed by atoms with Gasteiger partial charge in [0.15, 0.2) is 0 Å². The average Bonchev–Trinajstić information content (AvgIpc) is 2.56. The number of halogens is 1. The van der Waals surface area contributed by atoms with Gasteiger partial charge in [0, 0.05) is 37.1 Å². The average molecular weight is 312 g/mol. The molecule has 5 nitrogen and oxygen atoms in total. The number of aromatic nitrogens is 1. The first-order valence-corrected chi connectivity index (χ1v) is 7.70. The minimum atomic E-state index is -0.330. The lowest BCUT2D eigenvalue weighted by molar-refractivity contribution is 0.102. The van der Waals surface area contributed by atoms with Crippen LogP contribution in [0.4, 0.5) is 15.8 Å². The Morgan fingerprint density at radius 2 is 1.91 bits per heavy atom. The van der Waals surface area contributed by atoms with Crippen molar-refractivity contribution in [2.45, 2.75) is 18.5 Å². The summed E-state index contributed by atoms with van der Waals surface area (Å²) in [7, 11) is 0. The van der Waals surface area contributed by atoms with Crippen molar-refractivity contribution >= 4 is 17.3 Å². The molecule has 2 aromatic rings. The van der Waals surface area contributed by atoms with E-state index in [1.54, 1.807) is 12.4 Å². The summed E-state index contributed by atoms with van der Waals surface area (Å²) in [5.41, 5.74) is 2.03. The van der Waals surface area contributed by atoms with E-state index in [1.165, 1.54) is 30.7 Å². The maximum absolute atomic E-state index is 12.9. The smallest absolute Gasteiger partial charge is 0.257 e. The number of rotatable bonds is 3. The highest BCUT2D eigenvalue weighted by Crippen LogP contribution is 2.26. The largest absolute Gasteiger partial charge is 0.367 e. The number of nitrogens with one attached hydrogen (secondary N) is 2. The van der Waals surface area contributed by atoms with E-state index < -0.39 is 0 Å². The van der Waals surface area contributed by atoms with E-state index in [2.05, 4.69) is 20.5 Å². The van der Waals surface area contributed by atoms with Crippen molar-refractivity contribution in [3.05, 3.63) is 54.1 Å². The maximum atomic E-state index is 12.9. The number of piperazine rings is 1. The number of carbonyl (C=O) groups is 1. The van der Waals surface area contributed by atoms with E-state index >= 15 is 0 Å². The second-order valence-electron chi connectivity index (χ2n) is 6.09. The molecular formula is C17H17FN4O. The molecule has 4 heterocycles. The van der Waals surface area contributed by atoms with Crippen LogP contribution >= 0.6 is 0 Å². The lowest BCUT2D eigenvalue weighted by Gasteiger charge is -2.49. The summed E-state index contributed by atoms with van der Waals surface area (Å²) < 4.78 is 12.9. The third-order valence-corrected chi connectivity index (χ3v) is 4.38. The SMILES string of the molecule is O=C(Nc1ccc(F)cc1)c1cncc(N2CC3CC(C2)N3)c1. The molecule has 2 bridgehead atoms. The molecule has 0 radical (unpaired) electrons. The summed E-state index contributed by atoms with van der Waals surface area (Å²) in [6, 6.07) is 8.66. The summed E-state index contributed by atoms with van der Waals surface area (Å²) >= 11 is 0. The van der Waals surface area contributed by atoms with Gasteiger partial charge in [0.05, 0.1) is 17.4 Å². The number of piperidine rings is 1. The van der Waals surface area contributed by atoms with Crippen LogP contribution in [-0.2, 0) is 0 Å². The molecule has 5 rings (SSSR count). The van der Waals surface area contributed by atoms with E-state index in [0.29, 0.717) is 23.3 Å². The summed E-state index contributed by atoms with van der Waals surface area (Å²) in [6.45, 7) is 1.89. The van der Waals surface area contributed by atoms with Gasteiger partial charge in [-0.15, -0.1) is 0 Å². The zero-order valence-electron chi connectivity index (χ0n) is 12.5. The first-order chi connectivity index (χ1) is 11.2. The number of benzene rings is 1. The topological polar surface area (TPSA) is 57.3 Å². The van der Waals surface area contributed by atoms with Crippen molar-refractivity contribution in [3.8, 4) is 0 Å². The number of carbonyl (C=O) groups excluding carboxylic acids is 1. The van der Waals surface area contributed by atoms with Crippen molar-refractivity contribution in [3.63, 3.8) is 0 Å². The molecule has 2 unspecified atom stereocenters. The van der Waals surface area contributed by atoms with Crippen molar-refractivity contribution in [1.82, 2.24) is 10.3 Å². The Labute approximate surface area is 133 Å². The number of anilines is 2. The Kier molecular flexibility index (Phi) is 3.46. The van der Waals surface area contributed by atoms with E-state index in [-0.39, 0.29) is 11.7 Å². The molecular weight excluding hydrogens is 295 g/mol. The van der Waals surface area contributed by atoms with Crippen LogP contribution in [0.15, 0.2) is 42.7 Å². The van der Waals surface area contributed by atoms with Crippen molar-refractivity contribution in [2.24, 2.45) is 0 Å². The van der Waals surface area contributed by atoms with Crippen molar-refractivity contribution in [2.75, 3.05) is 23.3 Å². The third-order valence-electron chi connectivity index (χ3n) is 4.38. The number of nitrogens with zero attached hydrogens (tertiary/aromatic N) is 2. The lowest BCUT2D eigenvalue weighted by atomic mass is 9.91. The summed E-state index contributed by atoms with van der Waals surface area (Å²) in [4.78, 5) is 18.8. The Morgan fingerprint density at radius 1 is 1.22 bits per heavy atom. The molecule has 0 saturated carbocycles. The molecule has 6 heteroatoms. The van der Waals surface area contributed by atoms with Crippen LogP contribution in [0.25, 0.3) is 0 Å². The molecule has 3 fully saturated rings. The fraction of sp³-hybridized carbons (Fsp3) is 0.294. The molecule has 1 amide bonds. The molecule has 2 atom stereocenters. The van der Waals surface area contributed by atoms with Crippen LogP contribution < -0.4 is 15.5 Å². The quantitative estimate of drug-likeness (QED) is 0.910. The third kappa shape index (κ3) is 2.90. The van der Waals surface area contributed by atoms with Crippen molar-refractivity contribution < 1.29 is 9.18 Å². The Bertz CT molecular complexity index is 718. The van der Waals surface area contributed by atoms with Crippen molar-refractivity contribution in [1.29, 1.82) is 0 Å². The standard InChI is InChI=1S/C17H17FN4O/c18-12-1-3-13(4-2-12)21-17(23)11-5-16(8-19-7-11)22-9-14-6-15(10-22)20-14/h1-5,7-8,14-15,20H,6,9-10H2,(H,21,23). The normalized spacial score (nSPS) is 22.4. The molecule has 1 aromatic heterocycles. The molecule has 3 aliphatic rings. The van der Waals surface area contributed by atoms with Gasteiger partial charge in [-0.25, -0.2) is 4.39 Å². The Hall–Kier alpha value is -2.47. The van der Waals surface area contributed by atoms with E-state index in [0.717, 1.165) is 18.8 Å². The van der Waals surface area contributed by atoms with Gasteiger partial charge in [0.1, 0.15) is 5.82 Å². The molecule has 118 valence electrons. The number of hydrogen-bond donors (Lipinski definition) is 2. The molecule has 0 spiro atoms. The van der Waals surface area contributed by atoms with Gasteiger partial charge < -0.3 is 15.5 Å². The maximum Gasteiger partial charge on any atom is 0.257 e. The van der Waals surface area contributed by atoms with Crippen LogP contribution in [0.3, 0.4) is 0 Å². The van der Waals surface area contributed by atoms with Crippen LogP contribution in [0.1, 0.15) is 16.8 Å². The van der Waals surface area contributed by atoms with Gasteiger partial charge in [-0.05, 0) is 36.8 Å². The lowest BCUT2D eigenvalue weighted by Crippen LogP contribution is -2.67. The molecule has 23 heavy (non-hydrogen) atoms. The minimum Gasteiger partial charge on any atom is -0.367 e. The molecule has 3 aliphatic heterocycles. The number of pyridine rings is 1. The van der Waals surface area contributed by atoms with Gasteiger partial charge in [-0.3, -0.25) is 9.78 Å². The van der Waals surface area contributed by atoms with Gasteiger partial charge >= 0.3 is 0 Å². The minimum absolute atomic E-state index is 0.244. The molecule has 1 aromatic carbocycles. The molecule has 2 N–H and O–H groups in total. The number of hydrogen-bond acceptors (Lipinski definition) is 4. The monoisotopic (exact) mass is 312 g/mol. The first-order valence-electron chi connectivity index (χ1n) is 7.70. The van der Waals surface area contributed by atoms with Gasteiger partial charge in [0.2, 0.25) is 0 Å². The molecule has 0 aliphatic carbocycles. The summed E-state index contributed by atoms with van der Waals surface area (Å²) in [6.07, 6.45) is 4.57. The second-order valence-corrected chi connectivity index (χ2v) is 6.09. The highest BCUT2D eigenvalue weighted by atomic mass is 19.1. The number of fused-ring (bicyclic) bond motifs is 2. The Balaban J connectivity index is 1.49. The second kappa shape index (κ2) is 5.62. The van der Waals surface area contributed by atoms with Crippen LogP contribution in [-0.4, -0.2) is 36.1 Å². The van der Waals surface area contributed by atoms with Crippen LogP contribution in [0, 0.1) is 5.82 Å². The van der Waals surface area contributed by atoms with E-state index in [1.807, 2.05) is 6.07 Å². The van der Waals surface area contributed by atoms with E-state index in [9.17, 15) is 9.18 Å². The predicted octanol–water partition coefficient (Wildman–Crippen LogP) is 2.02. The fourth-order valence-electron chi connectivity index (χ4n) is 3.19. The van der Waals surface area contributed by atoms with Crippen LogP contribution in [0.5, 0.6) is 0 Å². The number of amides is 1. The Morgan fingerprint density at radius 3 is 2.61 bits per heavy atom. The predicted molar refractivity (Wildman–Crippen MR) is 86.1 cm³/mol. The van der Waals surface area contributed by atoms with Gasteiger partial charge in [0.25, 0.3) is 5.91 Å². The highest BCUT2D eigenvalue weighted by molar-refractivity contribution is 6.04. The zero-order chi connectivity index (χ0) is 15.8. The molecule has 3 saturated heterocycles. The fourth-order valence-corrected chi connectivity index (χ4v) is 3.19. The van der Waals surface area contributed by atoms with Crippen LogP contribution in [0.2, 0.25) is 0 Å². The van der Waals surface area contributed by atoms with Gasteiger partial charge in [-0.1, -0.05) is 0 Å². The zero-order valence-corrected chi connectivity index (χ0v) is 12.5. The summed E-state index contributed by atoms with van der Waals surface area (Å²) in [5, 5.41) is 6.24. The summed E-state index contributed by atoms with van der Waals surface area (Å²) in [5.74, 6) is -0.574.